The molecule has 2 unspecified atom stereocenters. The normalized spacial score (nSPS) is 20.1. The Hall–Kier alpha value is -3.58. The minimum Gasteiger partial charge on any atom is -0.362 e. The fourth-order valence-corrected chi connectivity index (χ4v) is 5.68. The molecule has 2 aromatic carbocycles. The van der Waals surface area contributed by atoms with Crippen molar-refractivity contribution in [2.24, 2.45) is 0 Å². The van der Waals surface area contributed by atoms with E-state index in [9.17, 15) is 18.4 Å². The third-order valence-electron chi connectivity index (χ3n) is 6.28. The first-order valence-corrected chi connectivity index (χ1v) is 11.9. The second kappa shape index (κ2) is 8.99. The monoisotopic (exact) mass is 476 g/mol. The average Bonchev–Trinajstić information content (AvgIpc) is 3.33. The summed E-state index contributed by atoms with van der Waals surface area (Å²) in [4.78, 5) is 28.1. The molecule has 0 saturated heterocycles. The molecule has 4 nitrogen and oxygen atoms in total. The van der Waals surface area contributed by atoms with Gasteiger partial charge < -0.3 is 10.6 Å². The van der Waals surface area contributed by atoms with Crippen molar-refractivity contribution < 1.29 is 18.4 Å². The van der Waals surface area contributed by atoms with Gasteiger partial charge in [0.2, 0.25) is 0 Å². The lowest BCUT2D eigenvalue weighted by atomic mass is 9.72. The summed E-state index contributed by atoms with van der Waals surface area (Å²) >= 11 is 1.62. The predicted molar refractivity (Wildman–Crippen MR) is 128 cm³/mol. The summed E-state index contributed by atoms with van der Waals surface area (Å²) in [6, 6.07) is 15.6. The fraction of sp³-hybridized carbons (Fsp3) is 0.185. The van der Waals surface area contributed by atoms with Crippen LogP contribution < -0.4 is 10.6 Å². The van der Waals surface area contributed by atoms with Gasteiger partial charge in [-0.05, 0) is 60.7 Å². The van der Waals surface area contributed by atoms with Crippen molar-refractivity contribution >= 4 is 28.7 Å². The summed E-state index contributed by atoms with van der Waals surface area (Å²) in [7, 11) is 0. The van der Waals surface area contributed by atoms with Gasteiger partial charge in [-0.25, -0.2) is 8.78 Å². The van der Waals surface area contributed by atoms with Gasteiger partial charge in [-0.1, -0.05) is 24.3 Å². The van der Waals surface area contributed by atoms with Crippen LogP contribution in [0.2, 0.25) is 0 Å². The molecule has 0 fully saturated rings. The Morgan fingerprint density at radius 3 is 2.50 bits per heavy atom. The molecule has 1 aliphatic heterocycles. The summed E-state index contributed by atoms with van der Waals surface area (Å²) < 4.78 is 27.9. The average molecular weight is 477 g/mol. The van der Waals surface area contributed by atoms with Crippen LogP contribution in [0.25, 0.3) is 0 Å². The molecule has 1 amide bonds. The third kappa shape index (κ3) is 4.19. The van der Waals surface area contributed by atoms with Crippen LogP contribution in [0.1, 0.15) is 42.0 Å². The third-order valence-corrected chi connectivity index (χ3v) is 7.32. The van der Waals surface area contributed by atoms with Crippen LogP contribution in [-0.4, -0.2) is 11.7 Å². The van der Waals surface area contributed by atoms with Gasteiger partial charge in [-0.3, -0.25) is 9.59 Å². The Labute approximate surface area is 200 Å². The molecule has 0 saturated carbocycles. The Morgan fingerprint density at radius 1 is 1.03 bits per heavy atom. The summed E-state index contributed by atoms with van der Waals surface area (Å²) in [6.45, 7) is 1.77. The van der Waals surface area contributed by atoms with Gasteiger partial charge in [0.25, 0.3) is 5.91 Å². The lowest BCUT2D eigenvalue weighted by molar-refractivity contribution is -0.116. The zero-order valence-electron chi connectivity index (χ0n) is 18.4. The second-order valence-electron chi connectivity index (χ2n) is 8.55. The van der Waals surface area contributed by atoms with E-state index in [0.29, 0.717) is 40.9 Å². The van der Waals surface area contributed by atoms with E-state index >= 15 is 0 Å². The largest absolute Gasteiger partial charge is 0.362 e. The minimum absolute atomic E-state index is 0.0578. The van der Waals surface area contributed by atoms with Crippen LogP contribution in [0.15, 0.2) is 88.6 Å². The van der Waals surface area contributed by atoms with E-state index in [4.69, 9.17) is 0 Å². The van der Waals surface area contributed by atoms with Crippen LogP contribution >= 0.6 is 11.3 Å². The molecule has 1 aromatic heterocycles. The Kier molecular flexibility index (Phi) is 5.87. The molecule has 7 heteroatoms. The zero-order valence-corrected chi connectivity index (χ0v) is 19.2. The van der Waals surface area contributed by atoms with Gasteiger partial charge >= 0.3 is 0 Å². The molecule has 34 heavy (non-hydrogen) atoms. The number of allylic oxidation sites excluding steroid dienone is 3. The van der Waals surface area contributed by atoms with Crippen molar-refractivity contribution in [1.82, 2.24) is 5.32 Å². The number of dihydropyridines is 1. The molecule has 172 valence electrons. The number of hydrogen-bond donors (Lipinski definition) is 2. The highest BCUT2D eigenvalue weighted by atomic mass is 32.1. The van der Waals surface area contributed by atoms with Crippen molar-refractivity contribution in [1.29, 1.82) is 0 Å². The maximum Gasteiger partial charge on any atom is 0.254 e. The molecule has 2 N–H and O–H groups in total. The van der Waals surface area contributed by atoms with E-state index < -0.39 is 23.5 Å². The molecule has 0 spiro atoms. The van der Waals surface area contributed by atoms with Crippen LogP contribution in [0.4, 0.5) is 14.5 Å². The molecule has 2 atom stereocenters. The van der Waals surface area contributed by atoms with E-state index in [-0.39, 0.29) is 11.7 Å². The fourth-order valence-electron chi connectivity index (χ4n) is 4.85. The molecule has 5 rings (SSSR count). The highest BCUT2D eigenvalue weighted by Crippen LogP contribution is 2.46. The van der Waals surface area contributed by atoms with Gasteiger partial charge in [-0.2, -0.15) is 0 Å². The maximum absolute atomic E-state index is 14.2. The van der Waals surface area contributed by atoms with E-state index in [1.165, 1.54) is 30.3 Å². The first-order valence-electron chi connectivity index (χ1n) is 11.0. The van der Waals surface area contributed by atoms with Crippen molar-refractivity contribution in [2.45, 2.75) is 31.6 Å². The minimum atomic E-state index is -0.725. The number of amides is 1. The lowest BCUT2D eigenvalue weighted by Crippen LogP contribution is -2.37. The number of benzene rings is 2. The standard InChI is InChI=1S/C27H22F2N2O2S/c1-15-24(27(33)31-20-8-3-7-19(29)14-20)25(16-5-2-6-18(28)11-16)26-21(30-15)12-17(13-22(26)32)23-9-4-10-34-23/h2-11,14,17,25,30H,12-13H2,1H3,(H,31,33). The molecular weight excluding hydrogens is 454 g/mol. The molecule has 1 aliphatic carbocycles. The van der Waals surface area contributed by atoms with Gasteiger partial charge in [-0.15, -0.1) is 11.3 Å². The van der Waals surface area contributed by atoms with Crippen LogP contribution in [0, 0.1) is 11.6 Å². The van der Waals surface area contributed by atoms with Gasteiger partial charge in [0.15, 0.2) is 5.78 Å². The van der Waals surface area contributed by atoms with E-state index in [1.807, 2.05) is 17.5 Å². The highest BCUT2D eigenvalue weighted by molar-refractivity contribution is 7.10. The number of halogens is 2. The number of nitrogens with one attached hydrogen (secondary N) is 2. The number of thiophene rings is 1. The highest BCUT2D eigenvalue weighted by Gasteiger charge is 2.41. The molecule has 2 aliphatic rings. The summed E-state index contributed by atoms with van der Waals surface area (Å²) in [6.07, 6.45) is 0.953. The second-order valence-corrected chi connectivity index (χ2v) is 9.53. The number of ketones is 1. The summed E-state index contributed by atoms with van der Waals surface area (Å²) in [5.74, 6) is -2.12. The molecule has 2 heterocycles. The maximum atomic E-state index is 14.2. The van der Waals surface area contributed by atoms with Crippen LogP contribution in [0.3, 0.4) is 0 Å². The van der Waals surface area contributed by atoms with Gasteiger partial charge in [0.1, 0.15) is 11.6 Å². The zero-order chi connectivity index (χ0) is 23.8. The quantitative estimate of drug-likeness (QED) is 0.484. The van der Waals surface area contributed by atoms with Crippen molar-refractivity contribution in [3.63, 3.8) is 0 Å². The summed E-state index contributed by atoms with van der Waals surface area (Å²) in [5.41, 5.74) is 2.99. The van der Waals surface area contributed by atoms with Crippen molar-refractivity contribution in [3.8, 4) is 0 Å². The van der Waals surface area contributed by atoms with E-state index in [0.717, 1.165) is 10.6 Å². The first-order chi connectivity index (χ1) is 16.4. The Balaban J connectivity index is 1.57. The smallest absolute Gasteiger partial charge is 0.254 e. The molecule has 0 radical (unpaired) electrons. The number of carbonyl (C=O) groups excluding carboxylic acids is 2. The van der Waals surface area contributed by atoms with Crippen LogP contribution in [0.5, 0.6) is 0 Å². The van der Waals surface area contributed by atoms with Crippen LogP contribution in [-0.2, 0) is 9.59 Å². The number of carbonyl (C=O) groups is 2. The first kappa shape index (κ1) is 22.2. The number of hydrogen-bond acceptors (Lipinski definition) is 4. The van der Waals surface area contributed by atoms with Crippen molar-refractivity contribution in [3.05, 3.63) is 111 Å². The topological polar surface area (TPSA) is 58.2 Å². The Bertz CT molecular complexity index is 1340. The summed E-state index contributed by atoms with van der Waals surface area (Å²) in [5, 5.41) is 8.03. The molecule has 0 bridgehead atoms. The van der Waals surface area contributed by atoms with E-state index in [1.54, 1.807) is 36.5 Å². The van der Waals surface area contributed by atoms with E-state index in [2.05, 4.69) is 10.6 Å². The number of anilines is 1. The number of Topliss-reactive ketones (excluding diaryl/α,β-unsaturated/α-hetero) is 1. The SMILES string of the molecule is CC1=C(C(=O)Nc2cccc(F)c2)C(c2cccc(F)c2)C2=C(CC(c3cccs3)CC2=O)N1. The van der Waals surface area contributed by atoms with Gasteiger partial charge in [0, 0.05) is 51.4 Å². The van der Waals surface area contributed by atoms with Crippen molar-refractivity contribution in [2.75, 3.05) is 5.32 Å². The number of rotatable bonds is 4. The molecule has 3 aromatic rings. The lowest BCUT2D eigenvalue weighted by Gasteiger charge is -2.36. The molecular formula is C27H22F2N2O2S. The predicted octanol–water partition coefficient (Wildman–Crippen LogP) is 6.03. The van der Waals surface area contributed by atoms with Gasteiger partial charge in [0.05, 0.1) is 0 Å². The Morgan fingerprint density at radius 2 is 1.79 bits per heavy atom.